The van der Waals surface area contributed by atoms with E-state index in [1.54, 1.807) is 0 Å². The summed E-state index contributed by atoms with van der Waals surface area (Å²) < 4.78 is 0. The van der Waals surface area contributed by atoms with Crippen molar-refractivity contribution >= 4 is 17.3 Å². The molecular formula is C17H26ClN3. The Kier molecular flexibility index (Phi) is 5.04. The van der Waals surface area contributed by atoms with Crippen molar-refractivity contribution in [1.29, 1.82) is 0 Å². The molecule has 3 rings (SSSR count). The van der Waals surface area contributed by atoms with Crippen LogP contribution in [0, 0.1) is 0 Å². The van der Waals surface area contributed by atoms with E-state index in [-0.39, 0.29) is 0 Å². The molecule has 0 saturated carbocycles. The third-order valence-electron chi connectivity index (χ3n) is 4.80. The van der Waals surface area contributed by atoms with Crippen molar-refractivity contribution in [3.05, 3.63) is 28.8 Å². The Bertz CT molecular complexity index is 477. The summed E-state index contributed by atoms with van der Waals surface area (Å²) >= 11 is 6.44. The maximum Gasteiger partial charge on any atom is 0.0471 e. The predicted molar refractivity (Wildman–Crippen MR) is 90.3 cm³/mol. The first kappa shape index (κ1) is 15.1. The Morgan fingerprint density at radius 1 is 1.24 bits per heavy atom. The normalized spacial score (nSPS) is 23.1. The molecule has 0 aromatic heterocycles. The lowest BCUT2D eigenvalue weighted by atomic mass is 9.99. The Hall–Kier alpha value is -0.770. The van der Waals surface area contributed by atoms with Gasteiger partial charge in [0, 0.05) is 42.9 Å². The van der Waals surface area contributed by atoms with E-state index in [1.165, 1.54) is 43.6 Å². The molecule has 2 heterocycles. The van der Waals surface area contributed by atoms with Crippen LogP contribution in [0.15, 0.2) is 18.2 Å². The molecule has 2 fully saturated rings. The van der Waals surface area contributed by atoms with E-state index >= 15 is 0 Å². The summed E-state index contributed by atoms with van der Waals surface area (Å²) in [6.07, 6.45) is 4.11. The number of piperidine rings is 1. The first-order chi connectivity index (χ1) is 10.3. The second kappa shape index (κ2) is 6.99. The van der Waals surface area contributed by atoms with Gasteiger partial charge in [-0.15, -0.1) is 0 Å². The van der Waals surface area contributed by atoms with Crippen LogP contribution in [0.5, 0.6) is 0 Å². The van der Waals surface area contributed by atoms with Gasteiger partial charge in [0.05, 0.1) is 0 Å². The van der Waals surface area contributed by atoms with Crippen molar-refractivity contribution < 1.29 is 0 Å². The van der Waals surface area contributed by atoms with Gasteiger partial charge in [-0.05, 0) is 43.6 Å². The van der Waals surface area contributed by atoms with Gasteiger partial charge in [0.2, 0.25) is 0 Å². The number of benzene rings is 1. The van der Waals surface area contributed by atoms with E-state index in [0.29, 0.717) is 0 Å². The molecule has 0 spiro atoms. The Labute approximate surface area is 133 Å². The molecule has 4 heteroatoms. The van der Waals surface area contributed by atoms with Crippen molar-refractivity contribution in [2.45, 2.75) is 38.8 Å². The smallest absolute Gasteiger partial charge is 0.0471 e. The molecule has 1 aromatic carbocycles. The zero-order valence-corrected chi connectivity index (χ0v) is 13.7. The van der Waals surface area contributed by atoms with Gasteiger partial charge in [-0.1, -0.05) is 31.0 Å². The highest BCUT2D eigenvalue weighted by molar-refractivity contribution is 6.31. The minimum absolute atomic E-state index is 0.743. The average Bonchev–Trinajstić information content (AvgIpc) is 2.53. The van der Waals surface area contributed by atoms with Gasteiger partial charge in [0.25, 0.3) is 0 Å². The van der Waals surface area contributed by atoms with Gasteiger partial charge < -0.3 is 10.2 Å². The van der Waals surface area contributed by atoms with Crippen molar-refractivity contribution in [2.24, 2.45) is 0 Å². The molecule has 2 aliphatic rings. The van der Waals surface area contributed by atoms with Crippen LogP contribution >= 0.6 is 11.6 Å². The van der Waals surface area contributed by atoms with Crippen LogP contribution in [-0.4, -0.2) is 43.7 Å². The molecule has 0 radical (unpaired) electrons. The molecule has 1 N–H and O–H groups in total. The van der Waals surface area contributed by atoms with Crippen LogP contribution in [0.1, 0.15) is 31.7 Å². The predicted octanol–water partition coefficient (Wildman–Crippen LogP) is 3.12. The van der Waals surface area contributed by atoms with Crippen molar-refractivity contribution in [2.75, 3.05) is 37.6 Å². The number of halogens is 1. The monoisotopic (exact) mass is 307 g/mol. The van der Waals surface area contributed by atoms with Crippen LogP contribution in [0.3, 0.4) is 0 Å². The summed E-state index contributed by atoms with van der Waals surface area (Å²) in [5.74, 6) is 0. The highest BCUT2D eigenvalue weighted by Gasteiger charge is 2.28. The number of nitrogens with zero attached hydrogens (tertiary/aromatic N) is 2. The summed E-state index contributed by atoms with van der Waals surface area (Å²) in [6, 6.07) is 7.30. The molecule has 0 bridgehead atoms. The van der Waals surface area contributed by atoms with Crippen LogP contribution in [0.4, 0.5) is 5.69 Å². The van der Waals surface area contributed by atoms with Crippen molar-refractivity contribution in [3.63, 3.8) is 0 Å². The zero-order valence-electron chi connectivity index (χ0n) is 12.9. The summed E-state index contributed by atoms with van der Waals surface area (Å²) in [5.41, 5.74) is 2.48. The lowest BCUT2D eigenvalue weighted by Gasteiger charge is -2.45. The highest BCUT2D eigenvalue weighted by Crippen LogP contribution is 2.28. The fourth-order valence-corrected chi connectivity index (χ4v) is 3.77. The van der Waals surface area contributed by atoms with E-state index < -0.39 is 0 Å². The van der Waals surface area contributed by atoms with Gasteiger partial charge in [-0.2, -0.15) is 0 Å². The molecular weight excluding hydrogens is 282 g/mol. The number of rotatable bonds is 4. The fourth-order valence-electron chi connectivity index (χ4n) is 3.53. The molecule has 1 unspecified atom stereocenters. The molecule has 2 saturated heterocycles. The molecule has 116 valence electrons. The van der Waals surface area contributed by atoms with Gasteiger partial charge in [-0.3, -0.25) is 4.90 Å². The molecule has 1 aromatic rings. The average molecular weight is 308 g/mol. The van der Waals surface area contributed by atoms with Gasteiger partial charge in [-0.25, -0.2) is 0 Å². The lowest BCUT2D eigenvalue weighted by Crippen LogP contribution is -2.54. The first-order valence-corrected chi connectivity index (χ1v) is 8.64. The highest BCUT2D eigenvalue weighted by atomic mass is 35.5. The standard InChI is InChI=1S/C17H26ClN3/c1-2-19-12-14-6-7-15(11-17(14)18)21-10-9-20-8-4-3-5-16(20)13-21/h6-7,11,16,19H,2-5,8-10,12-13H2,1H3. The van der Waals surface area contributed by atoms with Crippen molar-refractivity contribution in [3.8, 4) is 0 Å². The maximum absolute atomic E-state index is 6.44. The summed E-state index contributed by atoms with van der Waals surface area (Å²) in [6.45, 7) is 8.71. The number of piperazine rings is 1. The van der Waals surface area contributed by atoms with E-state index in [0.717, 1.165) is 37.2 Å². The summed E-state index contributed by atoms with van der Waals surface area (Å²) in [5, 5.41) is 4.23. The largest absolute Gasteiger partial charge is 0.369 e. The zero-order chi connectivity index (χ0) is 14.7. The number of hydrogen-bond donors (Lipinski definition) is 1. The number of hydrogen-bond acceptors (Lipinski definition) is 3. The van der Waals surface area contributed by atoms with Gasteiger partial charge in [0.1, 0.15) is 0 Å². The van der Waals surface area contributed by atoms with E-state index in [1.807, 2.05) is 0 Å². The van der Waals surface area contributed by atoms with Crippen LogP contribution < -0.4 is 10.2 Å². The Morgan fingerprint density at radius 3 is 2.95 bits per heavy atom. The SMILES string of the molecule is CCNCc1ccc(N2CCN3CCCCC3C2)cc1Cl. The molecule has 21 heavy (non-hydrogen) atoms. The maximum atomic E-state index is 6.44. The number of nitrogens with one attached hydrogen (secondary N) is 1. The van der Waals surface area contributed by atoms with Gasteiger partial charge >= 0.3 is 0 Å². The minimum atomic E-state index is 0.743. The number of anilines is 1. The second-order valence-corrected chi connectivity index (χ2v) is 6.59. The summed E-state index contributed by atoms with van der Waals surface area (Å²) in [4.78, 5) is 5.18. The second-order valence-electron chi connectivity index (χ2n) is 6.19. The molecule has 3 nitrogen and oxygen atoms in total. The fraction of sp³-hybridized carbons (Fsp3) is 0.647. The molecule has 0 aliphatic carbocycles. The lowest BCUT2D eigenvalue weighted by molar-refractivity contribution is 0.133. The molecule has 1 atom stereocenters. The van der Waals surface area contributed by atoms with Crippen LogP contribution in [0.2, 0.25) is 5.02 Å². The third-order valence-corrected chi connectivity index (χ3v) is 5.16. The van der Waals surface area contributed by atoms with E-state index in [2.05, 4.69) is 40.2 Å². The number of fused-ring (bicyclic) bond motifs is 1. The Morgan fingerprint density at radius 2 is 2.14 bits per heavy atom. The summed E-state index contributed by atoms with van der Waals surface area (Å²) in [7, 11) is 0. The van der Waals surface area contributed by atoms with Crippen LogP contribution in [-0.2, 0) is 6.54 Å². The minimum Gasteiger partial charge on any atom is -0.369 e. The Balaban J connectivity index is 1.67. The quantitative estimate of drug-likeness (QED) is 0.922. The third kappa shape index (κ3) is 3.53. The van der Waals surface area contributed by atoms with Crippen molar-refractivity contribution in [1.82, 2.24) is 10.2 Å². The van der Waals surface area contributed by atoms with E-state index in [9.17, 15) is 0 Å². The topological polar surface area (TPSA) is 18.5 Å². The molecule has 2 aliphatic heterocycles. The molecule has 0 amide bonds. The van der Waals surface area contributed by atoms with Gasteiger partial charge in [0.15, 0.2) is 0 Å². The first-order valence-electron chi connectivity index (χ1n) is 8.26. The van der Waals surface area contributed by atoms with Crippen LogP contribution in [0.25, 0.3) is 0 Å². The van der Waals surface area contributed by atoms with E-state index in [4.69, 9.17) is 11.6 Å².